The molecule has 1 aliphatic heterocycles. The SMILES string of the molecule is COC(=O)C1(c2ccncc2C(=O)O)C(c2ccncc2C(=O)O)C(c2ccncc2C(=O)O)(C(O)C(O)C(O)CO)OC1(C)c1ccncc1C(=O)O. The molecule has 8 N–H and O–H groups in total. The first-order valence-electron chi connectivity index (χ1n) is 15.7. The Balaban J connectivity index is 2.24. The van der Waals surface area contributed by atoms with E-state index < -0.39 is 122 Å². The highest BCUT2D eigenvalue weighted by atomic mass is 16.6. The average Bonchev–Trinajstić information content (AvgIpc) is 3.43. The van der Waals surface area contributed by atoms with E-state index in [9.17, 15) is 60.0 Å². The van der Waals surface area contributed by atoms with Crippen LogP contribution in [0.1, 0.15) is 76.5 Å². The highest BCUT2D eigenvalue weighted by Gasteiger charge is 2.79. The van der Waals surface area contributed by atoms with Crippen LogP contribution in [0.2, 0.25) is 0 Å². The van der Waals surface area contributed by atoms with Gasteiger partial charge in [-0.3, -0.25) is 24.7 Å². The molecule has 19 nitrogen and oxygen atoms in total. The lowest BCUT2D eigenvalue weighted by Crippen LogP contribution is -2.58. The van der Waals surface area contributed by atoms with Gasteiger partial charge in [0, 0.05) is 66.6 Å². The van der Waals surface area contributed by atoms with Crippen LogP contribution >= 0.6 is 0 Å². The lowest BCUT2D eigenvalue weighted by molar-refractivity contribution is -0.210. The van der Waals surface area contributed by atoms with Crippen molar-refractivity contribution in [2.45, 2.75) is 47.8 Å². The average molecular weight is 749 g/mol. The maximum Gasteiger partial charge on any atom is 0.337 e. The van der Waals surface area contributed by atoms with E-state index in [0.29, 0.717) is 0 Å². The molecule has 4 aromatic heterocycles. The van der Waals surface area contributed by atoms with E-state index in [2.05, 4.69) is 19.9 Å². The number of aliphatic hydroxyl groups is 4. The zero-order valence-corrected chi connectivity index (χ0v) is 28.2. The minimum absolute atomic E-state index is 0.461. The number of rotatable bonds is 13. The quantitative estimate of drug-likeness (QED) is 0.0845. The van der Waals surface area contributed by atoms with Crippen LogP contribution in [-0.4, -0.2) is 123 Å². The minimum atomic E-state index is -3.07. The standard InChI is InChI=1S/C35H32N4O15/c1-33(21-4-8-37-12-18(21)29(46)47)34(32(52)53-2,22-5-9-38-13-19(22)30(48)49)26(16-3-7-36-11-17(16)28(44)45)35(54-33,27(43)25(42)24(41)15-40)23-6-10-39-14-20(23)31(50)51/h3-14,24-27,40-43H,15H2,1-2H3,(H,44,45)(H,46,47)(H,48,49)(H,50,51). The number of aromatic carboxylic acids is 4. The highest BCUT2D eigenvalue weighted by Crippen LogP contribution is 2.70. The van der Waals surface area contributed by atoms with Crippen molar-refractivity contribution >= 4 is 29.8 Å². The number of nitrogens with zero attached hydrogens (tertiary/aromatic N) is 4. The van der Waals surface area contributed by atoms with Crippen molar-refractivity contribution in [3.05, 3.63) is 118 Å². The molecule has 0 radical (unpaired) electrons. The zero-order valence-electron chi connectivity index (χ0n) is 28.2. The molecule has 1 aliphatic rings. The molecule has 7 unspecified atom stereocenters. The predicted molar refractivity (Wildman–Crippen MR) is 176 cm³/mol. The zero-order chi connectivity index (χ0) is 39.7. The van der Waals surface area contributed by atoms with Gasteiger partial charge in [0.1, 0.15) is 34.9 Å². The van der Waals surface area contributed by atoms with Crippen molar-refractivity contribution in [3.63, 3.8) is 0 Å². The molecule has 282 valence electrons. The summed E-state index contributed by atoms with van der Waals surface area (Å²) in [7, 11) is 0.869. The molecule has 0 aromatic carbocycles. The molecule has 5 heterocycles. The molecule has 19 heteroatoms. The molecule has 4 aromatic rings. The topological polar surface area (TPSA) is 317 Å². The Hall–Kier alpha value is -6.25. The monoisotopic (exact) mass is 748 g/mol. The van der Waals surface area contributed by atoms with Gasteiger partial charge in [-0.25, -0.2) is 19.2 Å². The number of esters is 1. The van der Waals surface area contributed by atoms with E-state index in [4.69, 9.17) is 9.47 Å². The Labute approximate surface area is 303 Å². The summed E-state index contributed by atoms with van der Waals surface area (Å²) in [6.07, 6.45) is 0.0851. The summed E-state index contributed by atoms with van der Waals surface area (Å²) in [6, 6.07) is 4.15. The van der Waals surface area contributed by atoms with Crippen LogP contribution in [0.3, 0.4) is 0 Å². The van der Waals surface area contributed by atoms with Crippen molar-refractivity contribution < 1.29 is 74.3 Å². The Morgan fingerprint density at radius 2 is 1.13 bits per heavy atom. The van der Waals surface area contributed by atoms with Crippen molar-refractivity contribution in [2.24, 2.45) is 0 Å². The van der Waals surface area contributed by atoms with Gasteiger partial charge in [-0.2, -0.15) is 0 Å². The fourth-order valence-corrected chi connectivity index (χ4v) is 7.61. The van der Waals surface area contributed by atoms with Crippen LogP contribution in [0.15, 0.2) is 73.8 Å². The third-order valence-corrected chi connectivity index (χ3v) is 9.75. The van der Waals surface area contributed by atoms with Gasteiger partial charge in [0.2, 0.25) is 0 Å². The molecule has 5 rings (SSSR count). The van der Waals surface area contributed by atoms with Crippen LogP contribution in [-0.2, 0) is 30.9 Å². The Morgan fingerprint density at radius 1 is 0.704 bits per heavy atom. The van der Waals surface area contributed by atoms with Crippen LogP contribution in [0, 0.1) is 0 Å². The normalized spacial score (nSPS) is 23.9. The van der Waals surface area contributed by atoms with Crippen LogP contribution < -0.4 is 0 Å². The fraction of sp³-hybridized carbons (Fsp3) is 0.286. The number of aromatic nitrogens is 4. The first-order chi connectivity index (χ1) is 25.6. The Morgan fingerprint density at radius 3 is 1.61 bits per heavy atom. The molecule has 0 aliphatic carbocycles. The summed E-state index contributed by atoms with van der Waals surface area (Å²) in [4.78, 5) is 82.5. The molecule has 0 spiro atoms. The second-order valence-corrected chi connectivity index (χ2v) is 12.3. The third kappa shape index (κ3) is 5.70. The maximum atomic E-state index is 15.2. The number of ether oxygens (including phenoxy) is 2. The van der Waals surface area contributed by atoms with Gasteiger partial charge in [-0.1, -0.05) is 0 Å². The second kappa shape index (κ2) is 14.6. The van der Waals surface area contributed by atoms with E-state index >= 15 is 4.79 Å². The van der Waals surface area contributed by atoms with Crippen molar-refractivity contribution in [2.75, 3.05) is 13.7 Å². The second-order valence-electron chi connectivity index (χ2n) is 12.3. The number of carbonyl (C=O) groups excluding carboxylic acids is 1. The van der Waals surface area contributed by atoms with E-state index in [1.807, 2.05) is 0 Å². The number of methoxy groups -OCH3 is 1. The van der Waals surface area contributed by atoms with Gasteiger partial charge >= 0.3 is 29.8 Å². The summed E-state index contributed by atoms with van der Waals surface area (Å²) in [5, 5.41) is 86.8. The van der Waals surface area contributed by atoms with Crippen LogP contribution in [0.25, 0.3) is 0 Å². The number of hydrogen-bond donors (Lipinski definition) is 8. The lowest BCUT2D eigenvalue weighted by atomic mass is 9.53. The van der Waals surface area contributed by atoms with E-state index in [0.717, 1.165) is 87.9 Å². The van der Waals surface area contributed by atoms with Crippen molar-refractivity contribution in [1.29, 1.82) is 0 Å². The minimum Gasteiger partial charge on any atom is -0.478 e. The summed E-state index contributed by atoms with van der Waals surface area (Å²) in [6.45, 7) is -0.117. The Bertz CT molecular complexity index is 2150. The highest BCUT2D eigenvalue weighted by molar-refractivity contribution is 5.99. The number of pyridine rings is 4. The first kappa shape index (κ1) is 39.0. The van der Waals surface area contributed by atoms with E-state index in [1.165, 1.54) is 0 Å². The van der Waals surface area contributed by atoms with Gasteiger partial charge in [0.05, 0.1) is 36.0 Å². The third-order valence-electron chi connectivity index (χ3n) is 9.75. The Kier molecular flexibility index (Phi) is 10.6. The summed E-state index contributed by atoms with van der Waals surface area (Å²) in [5.41, 5.74) is -13.8. The summed E-state index contributed by atoms with van der Waals surface area (Å²) < 4.78 is 12.3. The van der Waals surface area contributed by atoms with Crippen molar-refractivity contribution in [3.8, 4) is 0 Å². The molecule has 1 saturated heterocycles. The number of aliphatic hydroxyl groups excluding tert-OH is 4. The summed E-state index contributed by atoms with van der Waals surface area (Å²) in [5.74, 6) is -10.6. The lowest BCUT2D eigenvalue weighted by Gasteiger charge is -2.46. The molecule has 54 heavy (non-hydrogen) atoms. The molecule has 1 fully saturated rings. The number of carboxylic acid groups (broad SMARTS) is 4. The van der Waals surface area contributed by atoms with Gasteiger partial charge in [0.25, 0.3) is 0 Å². The molecule has 0 saturated carbocycles. The molecule has 7 atom stereocenters. The summed E-state index contributed by atoms with van der Waals surface area (Å²) >= 11 is 0. The first-order valence-corrected chi connectivity index (χ1v) is 15.7. The van der Waals surface area contributed by atoms with Gasteiger partial charge < -0.3 is 50.3 Å². The fourth-order valence-electron chi connectivity index (χ4n) is 7.61. The predicted octanol–water partition coefficient (Wildman–Crippen LogP) is 0.170. The van der Waals surface area contributed by atoms with Gasteiger partial charge in [0.15, 0.2) is 0 Å². The molecular weight excluding hydrogens is 716 g/mol. The number of carbonyl (C=O) groups is 5. The van der Waals surface area contributed by atoms with Crippen LogP contribution in [0.4, 0.5) is 0 Å². The van der Waals surface area contributed by atoms with Crippen LogP contribution in [0.5, 0.6) is 0 Å². The van der Waals surface area contributed by atoms with Gasteiger partial charge in [-0.05, 0) is 42.3 Å². The maximum absolute atomic E-state index is 15.2. The van der Waals surface area contributed by atoms with E-state index in [1.54, 1.807) is 0 Å². The van der Waals surface area contributed by atoms with E-state index in [-0.39, 0.29) is 0 Å². The largest absolute Gasteiger partial charge is 0.478 e. The number of hydrogen-bond acceptors (Lipinski definition) is 15. The number of carboxylic acids is 4. The van der Waals surface area contributed by atoms with Crippen molar-refractivity contribution in [1.82, 2.24) is 19.9 Å². The molecule has 0 bridgehead atoms. The van der Waals surface area contributed by atoms with Gasteiger partial charge in [-0.15, -0.1) is 0 Å². The smallest absolute Gasteiger partial charge is 0.337 e. The molecular formula is C35H32N4O15. The molecule has 0 amide bonds.